The summed E-state index contributed by atoms with van der Waals surface area (Å²) in [7, 11) is 0. The van der Waals surface area contributed by atoms with Crippen LogP contribution in [-0.2, 0) is 21.9 Å². The van der Waals surface area contributed by atoms with Crippen LogP contribution in [0.3, 0.4) is 0 Å². The highest BCUT2D eigenvalue weighted by molar-refractivity contribution is 7.98. The lowest BCUT2D eigenvalue weighted by atomic mass is 10.2. The van der Waals surface area contributed by atoms with E-state index in [1.165, 1.54) is 5.56 Å². The predicted molar refractivity (Wildman–Crippen MR) is 109 cm³/mol. The summed E-state index contributed by atoms with van der Waals surface area (Å²) < 4.78 is 0. The lowest BCUT2D eigenvalue weighted by molar-refractivity contribution is -0.132. The SMILES string of the molecule is CCNCc1cccc(NC(=O)C(=O)Nc2ccc(CSCC)cc2)c1. The highest BCUT2D eigenvalue weighted by Gasteiger charge is 2.14. The number of thioether (sulfide) groups is 1. The molecule has 138 valence electrons. The van der Waals surface area contributed by atoms with Gasteiger partial charge in [0.05, 0.1) is 0 Å². The Morgan fingerprint density at radius 3 is 2.23 bits per heavy atom. The molecule has 0 aliphatic carbocycles. The van der Waals surface area contributed by atoms with E-state index >= 15 is 0 Å². The van der Waals surface area contributed by atoms with Gasteiger partial charge in [0.2, 0.25) is 0 Å². The monoisotopic (exact) mass is 371 g/mol. The molecule has 26 heavy (non-hydrogen) atoms. The van der Waals surface area contributed by atoms with E-state index in [0.29, 0.717) is 11.4 Å². The van der Waals surface area contributed by atoms with Gasteiger partial charge in [-0.3, -0.25) is 9.59 Å². The number of carbonyl (C=O) groups excluding carboxylic acids is 2. The van der Waals surface area contributed by atoms with Crippen molar-refractivity contribution in [3.05, 3.63) is 59.7 Å². The molecule has 2 rings (SSSR count). The molecule has 0 bridgehead atoms. The Labute approximate surface area is 159 Å². The molecule has 5 nitrogen and oxygen atoms in total. The van der Waals surface area contributed by atoms with Gasteiger partial charge in [-0.05, 0) is 47.7 Å². The average Bonchev–Trinajstić information content (AvgIpc) is 2.66. The normalized spacial score (nSPS) is 10.4. The number of carbonyl (C=O) groups is 2. The van der Waals surface area contributed by atoms with Gasteiger partial charge in [-0.15, -0.1) is 0 Å². The van der Waals surface area contributed by atoms with Gasteiger partial charge in [0.1, 0.15) is 0 Å². The molecule has 0 spiro atoms. The summed E-state index contributed by atoms with van der Waals surface area (Å²) in [5.41, 5.74) is 3.45. The van der Waals surface area contributed by atoms with Gasteiger partial charge in [-0.25, -0.2) is 0 Å². The minimum absolute atomic E-state index is 0.604. The van der Waals surface area contributed by atoms with E-state index in [-0.39, 0.29) is 0 Å². The fraction of sp³-hybridized carbons (Fsp3) is 0.300. The third kappa shape index (κ3) is 6.54. The van der Waals surface area contributed by atoms with E-state index in [1.54, 1.807) is 6.07 Å². The number of benzene rings is 2. The number of hydrogen-bond donors (Lipinski definition) is 3. The van der Waals surface area contributed by atoms with Gasteiger partial charge >= 0.3 is 11.8 Å². The van der Waals surface area contributed by atoms with Crippen molar-refractivity contribution in [3.63, 3.8) is 0 Å². The van der Waals surface area contributed by atoms with Crippen LogP contribution in [0.15, 0.2) is 48.5 Å². The zero-order valence-corrected chi connectivity index (χ0v) is 16.0. The molecular weight excluding hydrogens is 346 g/mol. The van der Waals surface area contributed by atoms with Crippen molar-refractivity contribution in [2.75, 3.05) is 22.9 Å². The van der Waals surface area contributed by atoms with Gasteiger partial charge < -0.3 is 16.0 Å². The van der Waals surface area contributed by atoms with Gasteiger partial charge in [0, 0.05) is 23.7 Å². The van der Waals surface area contributed by atoms with Crippen LogP contribution >= 0.6 is 11.8 Å². The number of nitrogens with one attached hydrogen (secondary N) is 3. The Morgan fingerprint density at radius 2 is 1.58 bits per heavy atom. The minimum Gasteiger partial charge on any atom is -0.318 e. The number of anilines is 2. The first kappa shape index (κ1) is 20.0. The van der Waals surface area contributed by atoms with E-state index in [0.717, 1.165) is 30.2 Å². The third-order valence-electron chi connectivity index (χ3n) is 3.65. The Bertz CT molecular complexity index is 732. The smallest absolute Gasteiger partial charge is 0.314 e. The summed E-state index contributed by atoms with van der Waals surface area (Å²) in [4.78, 5) is 24.2. The maximum atomic E-state index is 12.1. The van der Waals surface area contributed by atoms with Crippen LogP contribution in [0, 0.1) is 0 Å². The van der Waals surface area contributed by atoms with Crippen molar-refractivity contribution in [1.29, 1.82) is 0 Å². The first-order valence-electron chi connectivity index (χ1n) is 8.71. The van der Waals surface area contributed by atoms with Gasteiger partial charge in [-0.1, -0.05) is 38.1 Å². The molecule has 0 heterocycles. The van der Waals surface area contributed by atoms with E-state index in [9.17, 15) is 9.59 Å². The largest absolute Gasteiger partial charge is 0.318 e. The van der Waals surface area contributed by atoms with Crippen LogP contribution in [0.25, 0.3) is 0 Å². The highest BCUT2D eigenvalue weighted by Crippen LogP contribution is 2.15. The molecule has 0 saturated heterocycles. The first-order valence-corrected chi connectivity index (χ1v) is 9.86. The molecule has 0 fully saturated rings. The summed E-state index contributed by atoms with van der Waals surface area (Å²) in [6.07, 6.45) is 0. The topological polar surface area (TPSA) is 70.2 Å². The van der Waals surface area contributed by atoms with Crippen LogP contribution in [0.4, 0.5) is 11.4 Å². The molecule has 0 aromatic heterocycles. The first-order chi connectivity index (χ1) is 12.6. The van der Waals surface area contributed by atoms with Crippen LogP contribution in [0.5, 0.6) is 0 Å². The second-order valence-corrected chi connectivity index (χ2v) is 7.00. The second kappa shape index (κ2) is 10.6. The summed E-state index contributed by atoms with van der Waals surface area (Å²) in [5.74, 6) is 0.636. The molecule has 0 radical (unpaired) electrons. The van der Waals surface area contributed by atoms with Crippen molar-refractivity contribution in [2.45, 2.75) is 26.1 Å². The van der Waals surface area contributed by atoms with E-state index < -0.39 is 11.8 Å². The van der Waals surface area contributed by atoms with Crippen LogP contribution in [-0.4, -0.2) is 24.1 Å². The molecule has 0 aliphatic heterocycles. The summed E-state index contributed by atoms with van der Waals surface area (Å²) in [6, 6.07) is 15.0. The quantitative estimate of drug-likeness (QED) is 0.620. The fourth-order valence-electron chi connectivity index (χ4n) is 2.31. The van der Waals surface area contributed by atoms with Crippen molar-refractivity contribution >= 4 is 35.0 Å². The van der Waals surface area contributed by atoms with Gasteiger partial charge in [0.25, 0.3) is 0 Å². The van der Waals surface area contributed by atoms with E-state index in [2.05, 4.69) is 22.9 Å². The molecule has 2 aromatic rings. The molecule has 2 amide bonds. The molecule has 2 aromatic carbocycles. The molecule has 3 N–H and O–H groups in total. The maximum absolute atomic E-state index is 12.1. The number of rotatable bonds is 8. The Hall–Kier alpha value is -2.31. The zero-order chi connectivity index (χ0) is 18.8. The van der Waals surface area contributed by atoms with E-state index in [1.807, 2.05) is 61.2 Å². The lowest BCUT2D eigenvalue weighted by Gasteiger charge is -2.09. The fourth-order valence-corrected chi connectivity index (χ4v) is 2.94. The van der Waals surface area contributed by atoms with Crippen molar-refractivity contribution in [3.8, 4) is 0 Å². The highest BCUT2D eigenvalue weighted by atomic mass is 32.2. The average molecular weight is 372 g/mol. The van der Waals surface area contributed by atoms with Crippen LogP contribution < -0.4 is 16.0 Å². The summed E-state index contributed by atoms with van der Waals surface area (Å²) in [6.45, 7) is 5.74. The molecule has 0 aliphatic rings. The standard InChI is InChI=1S/C20H25N3O2S/c1-3-21-13-16-6-5-7-18(12-16)23-20(25)19(24)22-17-10-8-15(9-11-17)14-26-4-2/h5-12,21H,3-4,13-14H2,1-2H3,(H,22,24)(H,23,25). The number of hydrogen-bond acceptors (Lipinski definition) is 4. The van der Waals surface area contributed by atoms with Crippen molar-refractivity contribution in [2.24, 2.45) is 0 Å². The van der Waals surface area contributed by atoms with Gasteiger partial charge in [0.15, 0.2) is 0 Å². The van der Waals surface area contributed by atoms with Crippen LogP contribution in [0.1, 0.15) is 25.0 Å². The Balaban J connectivity index is 1.90. The zero-order valence-electron chi connectivity index (χ0n) is 15.2. The molecule has 6 heteroatoms. The Morgan fingerprint density at radius 1 is 0.885 bits per heavy atom. The molecule has 0 unspecified atom stereocenters. The minimum atomic E-state index is -0.684. The summed E-state index contributed by atoms with van der Waals surface area (Å²) in [5, 5.41) is 8.48. The number of amides is 2. The molecule has 0 atom stereocenters. The maximum Gasteiger partial charge on any atom is 0.314 e. The summed E-state index contributed by atoms with van der Waals surface area (Å²) >= 11 is 1.84. The lowest BCUT2D eigenvalue weighted by Crippen LogP contribution is -2.29. The van der Waals surface area contributed by atoms with Crippen molar-refractivity contribution in [1.82, 2.24) is 5.32 Å². The van der Waals surface area contributed by atoms with Crippen LogP contribution in [0.2, 0.25) is 0 Å². The third-order valence-corrected chi connectivity index (χ3v) is 4.60. The predicted octanol–water partition coefficient (Wildman–Crippen LogP) is 3.63. The van der Waals surface area contributed by atoms with Crippen molar-refractivity contribution < 1.29 is 9.59 Å². The second-order valence-electron chi connectivity index (χ2n) is 5.72. The van der Waals surface area contributed by atoms with E-state index in [4.69, 9.17) is 0 Å². The molecule has 0 saturated carbocycles. The Kier molecular flexibility index (Phi) is 8.18. The molecular formula is C20H25N3O2S. The van der Waals surface area contributed by atoms with Gasteiger partial charge in [-0.2, -0.15) is 11.8 Å².